The average molecular weight is 183 g/mol. The van der Waals surface area contributed by atoms with E-state index < -0.39 is 0 Å². The van der Waals surface area contributed by atoms with Crippen molar-refractivity contribution in [2.75, 3.05) is 6.26 Å². The number of nitrogens with zero attached hydrogens (tertiary/aromatic N) is 1. The Hall–Kier alpha value is 0.0200. The molecule has 1 heterocycles. The Morgan fingerprint density at radius 1 is 1.42 bits per heavy atom. The van der Waals surface area contributed by atoms with Crippen LogP contribution in [0.4, 0.5) is 0 Å². The van der Waals surface area contributed by atoms with E-state index in [-0.39, 0.29) is 0 Å². The highest BCUT2D eigenvalue weighted by atomic mass is 32.2. The van der Waals surface area contributed by atoms with E-state index in [9.17, 15) is 0 Å². The molecule has 1 aliphatic heterocycles. The molecule has 0 saturated heterocycles. The Bertz CT molecular complexity index is 244. The summed E-state index contributed by atoms with van der Waals surface area (Å²) in [5, 5.41) is 1.37. The van der Waals surface area contributed by atoms with Crippen LogP contribution in [0.15, 0.2) is 4.99 Å². The minimum absolute atomic E-state index is 0.307. The van der Waals surface area contributed by atoms with Gasteiger partial charge in [-0.1, -0.05) is 13.8 Å². The van der Waals surface area contributed by atoms with Gasteiger partial charge in [-0.2, -0.15) is 0 Å². The first-order valence-corrected chi connectivity index (χ1v) is 5.83. The topological polar surface area (TPSA) is 12.4 Å². The van der Waals surface area contributed by atoms with Gasteiger partial charge in [0.25, 0.3) is 0 Å². The van der Waals surface area contributed by atoms with Gasteiger partial charge in [-0.3, -0.25) is 4.99 Å². The molecule has 0 aromatic carbocycles. The van der Waals surface area contributed by atoms with Crippen LogP contribution in [0.1, 0.15) is 33.6 Å². The number of aliphatic imine (C=N–C) groups is 1. The molecule has 12 heavy (non-hydrogen) atoms. The van der Waals surface area contributed by atoms with Crippen LogP contribution in [0.3, 0.4) is 0 Å². The van der Waals surface area contributed by atoms with E-state index in [0.717, 1.165) is 5.92 Å². The summed E-state index contributed by atoms with van der Waals surface area (Å²) in [6.07, 6.45) is 4.64. The maximum Gasteiger partial charge on any atom is 0.0684 e. The summed E-state index contributed by atoms with van der Waals surface area (Å²) in [5.41, 5.74) is 0.845. The summed E-state index contributed by atoms with van der Waals surface area (Å²) >= 11 is 1.83. The molecule has 0 unspecified atom stereocenters. The van der Waals surface area contributed by atoms with E-state index in [1.165, 1.54) is 17.9 Å². The molecule has 68 valence electrons. The highest BCUT2D eigenvalue weighted by Gasteiger charge is 2.58. The zero-order chi connectivity index (χ0) is 8.98. The molecule has 1 saturated carbocycles. The van der Waals surface area contributed by atoms with Gasteiger partial charge in [-0.15, -0.1) is 11.8 Å². The normalized spacial score (nSPS) is 43.3. The summed E-state index contributed by atoms with van der Waals surface area (Å²) in [4.78, 5) is 4.78. The third-order valence-corrected chi connectivity index (χ3v) is 4.23. The van der Waals surface area contributed by atoms with E-state index >= 15 is 0 Å². The van der Waals surface area contributed by atoms with Crippen molar-refractivity contribution < 1.29 is 0 Å². The maximum absolute atomic E-state index is 4.78. The Balaban J connectivity index is 2.19. The van der Waals surface area contributed by atoms with E-state index in [4.69, 9.17) is 4.99 Å². The van der Waals surface area contributed by atoms with Crippen molar-refractivity contribution in [3.63, 3.8) is 0 Å². The number of fused-ring (bicyclic) bond motifs is 1. The molecule has 2 aliphatic rings. The number of rotatable bonds is 0. The molecule has 2 rings (SSSR count). The first-order chi connectivity index (χ1) is 5.48. The van der Waals surface area contributed by atoms with Gasteiger partial charge < -0.3 is 0 Å². The Morgan fingerprint density at radius 3 is 2.50 bits per heavy atom. The van der Waals surface area contributed by atoms with Gasteiger partial charge in [-0.25, -0.2) is 0 Å². The Morgan fingerprint density at radius 2 is 2.08 bits per heavy atom. The van der Waals surface area contributed by atoms with Crippen molar-refractivity contribution in [1.82, 2.24) is 0 Å². The molecule has 0 amide bonds. The SMILES string of the molecule is CSC1=N[C@]2(C)CC(C)(C)[C@H]2C1. The summed E-state index contributed by atoms with van der Waals surface area (Å²) in [5.74, 6) is 0.812. The first kappa shape index (κ1) is 8.61. The highest BCUT2D eigenvalue weighted by molar-refractivity contribution is 8.13. The third-order valence-electron chi connectivity index (χ3n) is 3.50. The molecule has 2 heteroatoms. The van der Waals surface area contributed by atoms with Gasteiger partial charge in [0, 0.05) is 6.42 Å². The Labute approximate surface area is 79.0 Å². The fraction of sp³-hybridized carbons (Fsp3) is 0.900. The Kier molecular flexibility index (Phi) is 1.64. The number of thioether (sulfide) groups is 1. The number of hydrogen-bond acceptors (Lipinski definition) is 2. The second kappa shape index (κ2) is 2.28. The van der Waals surface area contributed by atoms with Crippen LogP contribution < -0.4 is 0 Å². The minimum atomic E-state index is 0.307. The summed E-state index contributed by atoms with van der Waals surface area (Å²) < 4.78 is 0. The van der Waals surface area contributed by atoms with Crippen molar-refractivity contribution in [2.24, 2.45) is 16.3 Å². The molecule has 1 fully saturated rings. The lowest BCUT2D eigenvalue weighted by atomic mass is 9.52. The second-order valence-corrected chi connectivity index (χ2v) is 5.87. The molecular formula is C10H17NS. The van der Waals surface area contributed by atoms with Crippen molar-refractivity contribution in [3.8, 4) is 0 Å². The summed E-state index contributed by atoms with van der Waals surface area (Å²) in [6, 6.07) is 0. The third kappa shape index (κ3) is 0.968. The molecular weight excluding hydrogens is 166 g/mol. The van der Waals surface area contributed by atoms with Crippen molar-refractivity contribution >= 4 is 16.8 Å². The molecule has 0 N–H and O–H groups in total. The fourth-order valence-electron chi connectivity index (χ4n) is 3.13. The van der Waals surface area contributed by atoms with Crippen LogP contribution in [0.25, 0.3) is 0 Å². The van der Waals surface area contributed by atoms with Gasteiger partial charge in [0.1, 0.15) is 0 Å². The standard InChI is InChI=1S/C10H17NS/c1-9(2)6-10(3)7(9)5-8(11-10)12-4/h7H,5-6H2,1-4H3/t7-,10-/m1/s1. The largest absolute Gasteiger partial charge is 0.276 e. The summed E-state index contributed by atoms with van der Waals surface area (Å²) in [7, 11) is 0. The van der Waals surface area contributed by atoms with Crippen LogP contribution >= 0.6 is 11.8 Å². The second-order valence-electron chi connectivity index (χ2n) is 4.99. The molecule has 1 nitrogen and oxygen atoms in total. The van der Waals surface area contributed by atoms with E-state index in [2.05, 4.69) is 27.0 Å². The average Bonchev–Trinajstić information content (AvgIpc) is 2.22. The van der Waals surface area contributed by atoms with Gasteiger partial charge in [0.2, 0.25) is 0 Å². The molecule has 0 aromatic heterocycles. The molecule has 0 bridgehead atoms. The molecule has 0 spiro atoms. The van der Waals surface area contributed by atoms with Gasteiger partial charge in [0.05, 0.1) is 10.6 Å². The van der Waals surface area contributed by atoms with E-state index in [1.54, 1.807) is 0 Å². The van der Waals surface area contributed by atoms with E-state index in [1.807, 2.05) is 11.8 Å². The number of hydrogen-bond donors (Lipinski definition) is 0. The predicted octanol–water partition coefficient (Wildman–Crippen LogP) is 2.96. The quantitative estimate of drug-likeness (QED) is 0.562. The van der Waals surface area contributed by atoms with Crippen LogP contribution in [0, 0.1) is 11.3 Å². The lowest BCUT2D eigenvalue weighted by molar-refractivity contribution is -0.00690. The van der Waals surface area contributed by atoms with Crippen molar-refractivity contribution in [1.29, 1.82) is 0 Å². The molecule has 2 atom stereocenters. The first-order valence-electron chi connectivity index (χ1n) is 4.61. The zero-order valence-corrected chi connectivity index (χ0v) is 9.16. The minimum Gasteiger partial charge on any atom is -0.276 e. The van der Waals surface area contributed by atoms with Crippen LogP contribution in [0.5, 0.6) is 0 Å². The molecule has 0 radical (unpaired) electrons. The molecule has 1 aliphatic carbocycles. The van der Waals surface area contributed by atoms with Crippen LogP contribution in [-0.4, -0.2) is 16.8 Å². The highest BCUT2D eigenvalue weighted by Crippen LogP contribution is 2.60. The van der Waals surface area contributed by atoms with Crippen molar-refractivity contribution in [2.45, 2.75) is 39.2 Å². The van der Waals surface area contributed by atoms with Gasteiger partial charge in [0.15, 0.2) is 0 Å². The predicted molar refractivity (Wildman–Crippen MR) is 55.9 cm³/mol. The van der Waals surface area contributed by atoms with E-state index in [0.29, 0.717) is 11.0 Å². The molecule has 0 aromatic rings. The zero-order valence-electron chi connectivity index (χ0n) is 8.35. The smallest absolute Gasteiger partial charge is 0.0684 e. The van der Waals surface area contributed by atoms with Gasteiger partial charge in [-0.05, 0) is 30.9 Å². The lowest BCUT2D eigenvalue weighted by Crippen LogP contribution is -2.53. The monoisotopic (exact) mass is 183 g/mol. The maximum atomic E-state index is 4.78. The summed E-state index contributed by atoms with van der Waals surface area (Å²) in [6.45, 7) is 7.06. The van der Waals surface area contributed by atoms with Crippen molar-refractivity contribution in [3.05, 3.63) is 0 Å². The van der Waals surface area contributed by atoms with Crippen LogP contribution in [-0.2, 0) is 0 Å². The fourth-order valence-corrected chi connectivity index (χ4v) is 3.76. The lowest BCUT2D eigenvalue weighted by Gasteiger charge is -2.54. The van der Waals surface area contributed by atoms with Crippen LogP contribution in [0.2, 0.25) is 0 Å². The van der Waals surface area contributed by atoms with Gasteiger partial charge >= 0.3 is 0 Å².